The van der Waals surface area contributed by atoms with Crippen LogP contribution in [0.2, 0.25) is 0 Å². The molecule has 0 fully saturated rings. The maximum atomic E-state index is 13.7. The molecular weight excluding hydrogens is 258 g/mol. The third kappa shape index (κ3) is 2.90. The number of halogens is 2. The van der Waals surface area contributed by atoms with Crippen molar-refractivity contribution in [3.63, 3.8) is 0 Å². The second-order valence-corrected chi connectivity index (χ2v) is 5.22. The molecule has 20 heavy (non-hydrogen) atoms. The van der Waals surface area contributed by atoms with E-state index in [9.17, 15) is 8.78 Å². The maximum Gasteiger partial charge on any atom is 0.128 e. The molecule has 0 amide bonds. The molecule has 2 aromatic rings. The van der Waals surface area contributed by atoms with Crippen molar-refractivity contribution in [1.29, 1.82) is 0 Å². The van der Waals surface area contributed by atoms with Crippen LogP contribution in [0.25, 0.3) is 0 Å². The highest BCUT2D eigenvalue weighted by atomic mass is 19.1. The van der Waals surface area contributed by atoms with Gasteiger partial charge in [-0.25, -0.2) is 8.78 Å². The lowest BCUT2D eigenvalue weighted by molar-refractivity contribution is 0.518. The molecular formula is C16H20F2N2. The molecule has 0 radical (unpaired) electrons. The Bertz CT molecular complexity index is 617. The molecule has 0 saturated carbocycles. The third-order valence-corrected chi connectivity index (χ3v) is 3.90. The molecule has 1 atom stereocenters. The molecule has 1 heterocycles. The van der Waals surface area contributed by atoms with Crippen LogP contribution in [0.3, 0.4) is 0 Å². The molecule has 4 heteroatoms. The lowest BCUT2D eigenvalue weighted by Crippen LogP contribution is -2.19. The van der Waals surface area contributed by atoms with Gasteiger partial charge in [-0.3, -0.25) is 0 Å². The van der Waals surface area contributed by atoms with Crippen LogP contribution in [0.5, 0.6) is 0 Å². The van der Waals surface area contributed by atoms with Gasteiger partial charge in [0.2, 0.25) is 0 Å². The van der Waals surface area contributed by atoms with E-state index in [1.165, 1.54) is 29.1 Å². The van der Waals surface area contributed by atoms with Crippen molar-refractivity contribution >= 4 is 0 Å². The summed E-state index contributed by atoms with van der Waals surface area (Å²) < 4.78 is 29.0. The summed E-state index contributed by atoms with van der Waals surface area (Å²) in [5.74, 6) is -0.797. The van der Waals surface area contributed by atoms with Crippen molar-refractivity contribution in [3.8, 4) is 0 Å². The Kier molecular flexibility index (Phi) is 4.23. The van der Waals surface area contributed by atoms with E-state index >= 15 is 0 Å². The highest BCUT2D eigenvalue weighted by molar-refractivity contribution is 5.27. The minimum Gasteiger partial charge on any atom is -0.352 e. The number of nitrogens with zero attached hydrogens (tertiary/aromatic N) is 1. The molecule has 0 aliphatic rings. The van der Waals surface area contributed by atoms with Gasteiger partial charge in [0, 0.05) is 36.6 Å². The standard InChI is InChI=1S/C16H20F2N2/c1-10-7-13(12(3)20(10)4)9-19-11(2)15-8-14(17)5-6-16(15)18/h5-8,11,19H,9H2,1-4H3. The molecule has 1 aromatic heterocycles. The SMILES string of the molecule is Cc1cc(CNC(C)c2cc(F)ccc2F)c(C)n1C. The van der Waals surface area contributed by atoms with Gasteiger partial charge in [-0.1, -0.05) is 0 Å². The van der Waals surface area contributed by atoms with E-state index in [0.717, 1.165) is 6.07 Å². The molecule has 2 nitrogen and oxygen atoms in total. The van der Waals surface area contributed by atoms with Gasteiger partial charge >= 0.3 is 0 Å². The van der Waals surface area contributed by atoms with Crippen molar-refractivity contribution < 1.29 is 8.78 Å². The average molecular weight is 278 g/mol. The van der Waals surface area contributed by atoms with Gasteiger partial charge in [0.15, 0.2) is 0 Å². The van der Waals surface area contributed by atoms with E-state index < -0.39 is 5.82 Å². The first-order chi connectivity index (χ1) is 9.40. The fraction of sp³-hybridized carbons (Fsp3) is 0.375. The topological polar surface area (TPSA) is 17.0 Å². The van der Waals surface area contributed by atoms with Gasteiger partial charge in [0.05, 0.1) is 0 Å². The fourth-order valence-electron chi connectivity index (χ4n) is 2.33. The monoisotopic (exact) mass is 278 g/mol. The van der Waals surface area contributed by atoms with Crippen molar-refractivity contribution in [3.05, 3.63) is 58.4 Å². The quantitative estimate of drug-likeness (QED) is 0.900. The summed E-state index contributed by atoms with van der Waals surface area (Å²) in [6, 6.07) is 5.41. The zero-order valence-electron chi connectivity index (χ0n) is 12.3. The van der Waals surface area contributed by atoms with Crippen molar-refractivity contribution in [2.75, 3.05) is 0 Å². The molecule has 1 N–H and O–H groups in total. The van der Waals surface area contributed by atoms with E-state index in [4.69, 9.17) is 0 Å². The third-order valence-electron chi connectivity index (χ3n) is 3.90. The number of rotatable bonds is 4. The van der Waals surface area contributed by atoms with E-state index in [-0.39, 0.29) is 11.9 Å². The average Bonchev–Trinajstić information content (AvgIpc) is 2.66. The summed E-state index contributed by atoms with van der Waals surface area (Å²) in [5, 5.41) is 3.24. The summed E-state index contributed by atoms with van der Waals surface area (Å²) in [5.41, 5.74) is 3.90. The van der Waals surface area contributed by atoms with Gasteiger partial charge in [-0.2, -0.15) is 0 Å². The normalized spacial score (nSPS) is 12.7. The van der Waals surface area contributed by atoms with E-state index in [2.05, 4.69) is 22.9 Å². The van der Waals surface area contributed by atoms with Gasteiger partial charge < -0.3 is 9.88 Å². The minimum atomic E-state index is -0.415. The molecule has 0 spiro atoms. The van der Waals surface area contributed by atoms with E-state index in [0.29, 0.717) is 12.1 Å². The second kappa shape index (κ2) is 5.75. The van der Waals surface area contributed by atoms with Crippen LogP contribution in [-0.2, 0) is 13.6 Å². The first-order valence-corrected chi connectivity index (χ1v) is 6.70. The van der Waals surface area contributed by atoms with Gasteiger partial charge in [-0.15, -0.1) is 0 Å². The number of aryl methyl sites for hydroxylation is 1. The van der Waals surface area contributed by atoms with Crippen LogP contribution in [0.1, 0.15) is 35.5 Å². The zero-order chi connectivity index (χ0) is 14.9. The van der Waals surface area contributed by atoms with Crippen LogP contribution < -0.4 is 5.32 Å². The Hall–Kier alpha value is -1.68. The summed E-state index contributed by atoms with van der Waals surface area (Å²) in [7, 11) is 2.02. The largest absolute Gasteiger partial charge is 0.352 e. The Balaban J connectivity index is 2.10. The predicted octanol–water partition coefficient (Wildman–Crippen LogP) is 3.77. The molecule has 0 bridgehead atoms. The van der Waals surface area contributed by atoms with Crippen LogP contribution >= 0.6 is 0 Å². The summed E-state index contributed by atoms with van der Waals surface area (Å²) in [4.78, 5) is 0. The van der Waals surface area contributed by atoms with Crippen molar-refractivity contribution in [2.24, 2.45) is 7.05 Å². The van der Waals surface area contributed by atoms with Gasteiger partial charge in [0.25, 0.3) is 0 Å². The highest BCUT2D eigenvalue weighted by Gasteiger charge is 2.13. The predicted molar refractivity (Wildman–Crippen MR) is 76.5 cm³/mol. The smallest absolute Gasteiger partial charge is 0.128 e. The van der Waals surface area contributed by atoms with Crippen LogP contribution in [0.4, 0.5) is 8.78 Å². The highest BCUT2D eigenvalue weighted by Crippen LogP contribution is 2.19. The Labute approximate surface area is 118 Å². The number of aromatic nitrogens is 1. The van der Waals surface area contributed by atoms with Gasteiger partial charge in [-0.05, 0) is 50.6 Å². The molecule has 2 rings (SSSR count). The second-order valence-electron chi connectivity index (χ2n) is 5.22. The molecule has 1 unspecified atom stereocenters. The number of hydrogen-bond acceptors (Lipinski definition) is 1. The maximum absolute atomic E-state index is 13.7. The first kappa shape index (κ1) is 14.7. The van der Waals surface area contributed by atoms with Crippen LogP contribution in [0.15, 0.2) is 24.3 Å². The first-order valence-electron chi connectivity index (χ1n) is 6.70. The Morgan fingerprint density at radius 1 is 1.20 bits per heavy atom. The van der Waals surface area contributed by atoms with Gasteiger partial charge in [0.1, 0.15) is 11.6 Å². The summed E-state index contributed by atoms with van der Waals surface area (Å²) in [6.07, 6.45) is 0. The molecule has 0 saturated heterocycles. The number of benzene rings is 1. The van der Waals surface area contributed by atoms with E-state index in [1.54, 1.807) is 0 Å². The lowest BCUT2D eigenvalue weighted by Gasteiger charge is -2.15. The van der Waals surface area contributed by atoms with Crippen LogP contribution in [-0.4, -0.2) is 4.57 Å². The van der Waals surface area contributed by atoms with Crippen LogP contribution in [0, 0.1) is 25.5 Å². The zero-order valence-corrected chi connectivity index (χ0v) is 12.3. The Morgan fingerprint density at radius 3 is 2.50 bits per heavy atom. The van der Waals surface area contributed by atoms with Crippen molar-refractivity contribution in [1.82, 2.24) is 9.88 Å². The number of nitrogens with one attached hydrogen (secondary N) is 1. The molecule has 0 aliphatic heterocycles. The molecule has 108 valence electrons. The minimum absolute atomic E-state index is 0.245. The molecule has 0 aliphatic carbocycles. The summed E-state index contributed by atoms with van der Waals surface area (Å²) in [6.45, 7) is 6.57. The summed E-state index contributed by atoms with van der Waals surface area (Å²) >= 11 is 0. The molecule has 1 aromatic carbocycles. The van der Waals surface area contributed by atoms with E-state index in [1.807, 2.05) is 20.9 Å². The number of hydrogen-bond donors (Lipinski definition) is 1. The fourth-order valence-corrected chi connectivity index (χ4v) is 2.33. The van der Waals surface area contributed by atoms with Crippen molar-refractivity contribution in [2.45, 2.75) is 33.4 Å². The Morgan fingerprint density at radius 2 is 1.90 bits per heavy atom. The lowest BCUT2D eigenvalue weighted by atomic mass is 10.1.